The Morgan fingerprint density at radius 1 is 1.32 bits per heavy atom. The second-order valence-corrected chi connectivity index (χ2v) is 5.09. The molecule has 19 heavy (non-hydrogen) atoms. The molecule has 0 aliphatic heterocycles. The summed E-state index contributed by atoms with van der Waals surface area (Å²) in [5.41, 5.74) is 7.75. The van der Waals surface area contributed by atoms with Crippen molar-refractivity contribution in [1.29, 1.82) is 0 Å². The Morgan fingerprint density at radius 2 is 2.00 bits per heavy atom. The van der Waals surface area contributed by atoms with E-state index in [2.05, 4.69) is 24.5 Å². The summed E-state index contributed by atoms with van der Waals surface area (Å²) in [4.78, 5) is 11.9. The summed E-state index contributed by atoms with van der Waals surface area (Å²) in [7, 11) is 0. The molecule has 0 heterocycles. The van der Waals surface area contributed by atoms with Gasteiger partial charge in [-0.05, 0) is 49.4 Å². The van der Waals surface area contributed by atoms with Crippen LogP contribution in [0.1, 0.15) is 32.3 Å². The molecule has 0 fully saturated rings. The lowest BCUT2D eigenvalue weighted by Crippen LogP contribution is -2.43. The molecule has 4 nitrogen and oxygen atoms in total. The highest BCUT2D eigenvalue weighted by Gasteiger charge is 2.24. The fraction of sp³-hybridized carbons (Fsp3) is 0.533. The van der Waals surface area contributed by atoms with Crippen LogP contribution in [0.25, 0.3) is 0 Å². The van der Waals surface area contributed by atoms with Crippen LogP contribution in [0.4, 0.5) is 10.5 Å². The van der Waals surface area contributed by atoms with Gasteiger partial charge in [-0.15, -0.1) is 0 Å². The molecule has 0 bridgehead atoms. The lowest BCUT2D eigenvalue weighted by atomic mass is 9.82. The van der Waals surface area contributed by atoms with Crippen LogP contribution in [0.15, 0.2) is 24.3 Å². The van der Waals surface area contributed by atoms with Crippen LogP contribution in [0.5, 0.6) is 0 Å². The molecule has 106 valence electrons. The number of nitrogens with one attached hydrogen (secondary N) is 2. The zero-order valence-electron chi connectivity index (χ0n) is 12.1. The van der Waals surface area contributed by atoms with Crippen molar-refractivity contribution in [2.45, 2.75) is 33.6 Å². The van der Waals surface area contributed by atoms with Gasteiger partial charge in [0.1, 0.15) is 0 Å². The molecule has 0 radical (unpaired) electrons. The SMILES string of the molecule is CCC(CC)(CN)CNC(=O)Nc1cccc(C)c1. The van der Waals surface area contributed by atoms with Gasteiger partial charge in [0, 0.05) is 12.2 Å². The van der Waals surface area contributed by atoms with E-state index in [0.717, 1.165) is 24.1 Å². The molecule has 0 aliphatic carbocycles. The largest absolute Gasteiger partial charge is 0.337 e. The van der Waals surface area contributed by atoms with E-state index in [4.69, 9.17) is 5.73 Å². The van der Waals surface area contributed by atoms with Crippen LogP contribution >= 0.6 is 0 Å². The van der Waals surface area contributed by atoms with Crippen LogP contribution in [0.3, 0.4) is 0 Å². The van der Waals surface area contributed by atoms with Gasteiger partial charge in [-0.2, -0.15) is 0 Å². The number of rotatable bonds is 6. The van der Waals surface area contributed by atoms with Gasteiger partial charge in [0.2, 0.25) is 0 Å². The van der Waals surface area contributed by atoms with Crippen LogP contribution < -0.4 is 16.4 Å². The highest BCUT2D eigenvalue weighted by Crippen LogP contribution is 2.23. The topological polar surface area (TPSA) is 67.1 Å². The number of carbonyl (C=O) groups excluding carboxylic acids is 1. The zero-order chi connectivity index (χ0) is 14.3. The second-order valence-electron chi connectivity index (χ2n) is 5.09. The summed E-state index contributed by atoms with van der Waals surface area (Å²) in [6, 6.07) is 7.56. The van der Waals surface area contributed by atoms with E-state index in [1.807, 2.05) is 31.2 Å². The van der Waals surface area contributed by atoms with Crippen LogP contribution in [-0.4, -0.2) is 19.1 Å². The molecule has 1 aromatic carbocycles. The number of benzene rings is 1. The Hall–Kier alpha value is -1.55. The maximum atomic E-state index is 11.9. The second kappa shape index (κ2) is 7.14. The monoisotopic (exact) mass is 263 g/mol. The maximum absolute atomic E-state index is 11.9. The molecule has 0 spiro atoms. The summed E-state index contributed by atoms with van der Waals surface area (Å²) in [5, 5.41) is 5.75. The minimum atomic E-state index is -0.176. The Bertz CT molecular complexity index is 405. The molecule has 0 aromatic heterocycles. The van der Waals surface area contributed by atoms with Crippen molar-refractivity contribution >= 4 is 11.7 Å². The predicted octanol–water partition coefficient (Wildman–Crippen LogP) is 2.88. The predicted molar refractivity (Wildman–Crippen MR) is 80.3 cm³/mol. The molecule has 2 amide bonds. The summed E-state index contributed by atoms with van der Waals surface area (Å²) < 4.78 is 0. The number of hydrogen-bond acceptors (Lipinski definition) is 2. The molecule has 0 aliphatic rings. The third-order valence-corrected chi connectivity index (χ3v) is 3.83. The molecule has 4 heteroatoms. The highest BCUT2D eigenvalue weighted by atomic mass is 16.2. The first-order valence-corrected chi connectivity index (χ1v) is 6.87. The lowest BCUT2D eigenvalue weighted by Gasteiger charge is -2.30. The van der Waals surface area contributed by atoms with Crippen LogP contribution in [-0.2, 0) is 0 Å². The van der Waals surface area contributed by atoms with Crippen molar-refractivity contribution in [3.63, 3.8) is 0 Å². The quantitative estimate of drug-likeness (QED) is 0.738. The number of anilines is 1. The van der Waals surface area contributed by atoms with E-state index >= 15 is 0 Å². The lowest BCUT2D eigenvalue weighted by molar-refractivity contribution is 0.232. The van der Waals surface area contributed by atoms with Crippen molar-refractivity contribution in [3.8, 4) is 0 Å². The first-order valence-electron chi connectivity index (χ1n) is 6.87. The number of aryl methyl sites for hydroxylation is 1. The Morgan fingerprint density at radius 3 is 2.53 bits per heavy atom. The Labute approximate surface area is 115 Å². The van der Waals surface area contributed by atoms with E-state index in [-0.39, 0.29) is 11.4 Å². The van der Waals surface area contributed by atoms with E-state index < -0.39 is 0 Å². The van der Waals surface area contributed by atoms with Gasteiger partial charge >= 0.3 is 6.03 Å². The van der Waals surface area contributed by atoms with Gasteiger partial charge in [0.15, 0.2) is 0 Å². The van der Waals surface area contributed by atoms with Crippen molar-refractivity contribution in [1.82, 2.24) is 5.32 Å². The number of hydrogen-bond donors (Lipinski definition) is 3. The summed E-state index contributed by atoms with van der Waals surface area (Å²) in [6.45, 7) is 7.41. The fourth-order valence-corrected chi connectivity index (χ4v) is 2.03. The molecule has 1 aromatic rings. The Balaban J connectivity index is 2.52. The van der Waals surface area contributed by atoms with Gasteiger partial charge in [0.25, 0.3) is 0 Å². The molecular formula is C15H25N3O. The van der Waals surface area contributed by atoms with Crippen LogP contribution in [0.2, 0.25) is 0 Å². The minimum Gasteiger partial charge on any atom is -0.337 e. The summed E-state index contributed by atoms with van der Waals surface area (Å²) in [5.74, 6) is 0. The fourth-order valence-electron chi connectivity index (χ4n) is 2.03. The maximum Gasteiger partial charge on any atom is 0.319 e. The number of carbonyl (C=O) groups is 1. The molecule has 0 atom stereocenters. The third-order valence-electron chi connectivity index (χ3n) is 3.83. The van der Waals surface area contributed by atoms with Gasteiger partial charge < -0.3 is 16.4 Å². The standard InChI is InChI=1S/C15H25N3O/c1-4-15(5-2,10-16)11-17-14(19)18-13-8-6-7-12(3)9-13/h6-9H,4-5,10-11,16H2,1-3H3,(H2,17,18,19). The summed E-state index contributed by atoms with van der Waals surface area (Å²) >= 11 is 0. The van der Waals surface area contributed by atoms with E-state index in [0.29, 0.717) is 13.1 Å². The molecular weight excluding hydrogens is 238 g/mol. The van der Waals surface area contributed by atoms with Crippen molar-refractivity contribution < 1.29 is 4.79 Å². The van der Waals surface area contributed by atoms with E-state index in [1.165, 1.54) is 0 Å². The molecule has 1 rings (SSSR count). The number of urea groups is 1. The highest BCUT2D eigenvalue weighted by molar-refractivity contribution is 5.89. The first-order chi connectivity index (χ1) is 9.05. The minimum absolute atomic E-state index is 0.00391. The Kier molecular flexibility index (Phi) is 5.83. The van der Waals surface area contributed by atoms with Gasteiger partial charge in [0.05, 0.1) is 0 Å². The van der Waals surface area contributed by atoms with Crippen molar-refractivity contribution in [2.75, 3.05) is 18.4 Å². The number of amides is 2. The van der Waals surface area contributed by atoms with Gasteiger partial charge in [-0.1, -0.05) is 26.0 Å². The molecule has 0 saturated carbocycles. The zero-order valence-corrected chi connectivity index (χ0v) is 12.1. The molecule has 0 saturated heterocycles. The molecule has 0 unspecified atom stereocenters. The smallest absolute Gasteiger partial charge is 0.319 e. The average molecular weight is 263 g/mol. The number of nitrogens with two attached hydrogens (primary N) is 1. The van der Waals surface area contributed by atoms with E-state index in [1.54, 1.807) is 0 Å². The van der Waals surface area contributed by atoms with Crippen LogP contribution in [0, 0.1) is 12.3 Å². The van der Waals surface area contributed by atoms with Crippen molar-refractivity contribution in [3.05, 3.63) is 29.8 Å². The third kappa shape index (κ3) is 4.56. The first kappa shape index (κ1) is 15.5. The molecule has 4 N–H and O–H groups in total. The van der Waals surface area contributed by atoms with E-state index in [9.17, 15) is 4.79 Å². The average Bonchev–Trinajstić information content (AvgIpc) is 2.41. The van der Waals surface area contributed by atoms with Gasteiger partial charge in [-0.25, -0.2) is 4.79 Å². The normalized spacial score (nSPS) is 11.2. The van der Waals surface area contributed by atoms with Crippen molar-refractivity contribution in [2.24, 2.45) is 11.1 Å². The van der Waals surface area contributed by atoms with Gasteiger partial charge in [-0.3, -0.25) is 0 Å². The summed E-state index contributed by atoms with van der Waals surface area (Å²) in [6.07, 6.45) is 1.93.